The van der Waals surface area contributed by atoms with E-state index in [9.17, 15) is 5.11 Å². The van der Waals surface area contributed by atoms with Crippen LogP contribution in [0.4, 0.5) is 0 Å². The Hall–Kier alpha value is -1.06. The van der Waals surface area contributed by atoms with Crippen LogP contribution in [0.2, 0.25) is 0 Å². The average Bonchev–Trinajstić information content (AvgIpc) is 2.23. The van der Waals surface area contributed by atoms with Gasteiger partial charge in [-0.25, -0.2) is 0 Å². The third kappa shape index (κ3) is 5.40. The minimum Gasteiger partial charge on any atom is -0.508 e. The molecule has 0 unspecified atom stereocenters. The first-order chi connectivity index (χ1) is 7.33. The van der Waals surface area contributed by atoms with Crippen LogP contribution in [0.15, 0.2) is 24.3 Å². The molecule has 0 fully saturated rings. The van der Waals surface area contributed by atoms with Crippen LogP contribution in [0.1, 0.15) is 18.9 Å². The van der Waals surface area contributed by atoms with E-state index in [4.69, 9.17) is 0 Å². The number of hydrogen-bond acceptors (Lipinski definition) is 3. The molecular formula is C12H20N2O. The number of phenolic OH excluding ortho intramolecular Hbond substituents is 1. The summed E-state index contributed by atoms with van der Waals surface area (Å²) in [5.41, 5.74) is 1.12. The van der Waals surface area contributed by atoms with E-state index in [2.05, 4.69) is 17.6 Å². The molecule has 0 radical (unpaired) electrons. The fourth-order valence-electron chi connectivity index (χ4n) is 1.38. The predicted octanol–water partition coefficient (Wildman–Crippen LogP) is 1.48. The summed E-state index contributed by atoms with van der Waals surface area (Å²) in [4.78, 5) is 0. The Morgan fingerprint density at radius 3 is 2.67 bits per heavy atom. The Bertz CT molecular complexity index is 276. The van der Waals surface area contributed by atoms with Crippen LogP contribution in [0.5, 0.6) is 5.75 Å². The molecule has 3 nitrogen and oxygen atoms in total. The fraction of sp³-hybridized carbons (Fsp3) is 0.500. The van der Waals surface area contributed by atoms with E-state index in [1.165, 1.54) is 6.42 Å². The van der Waals surface area contributed by atoms with Gasteiger partial charge in [0.2, 0.25) is 0 Å². The van der Waals surface area contributed by atoms with E-state index in [1.807, 2.05) is 12.1 Å². The molecule has 3 heteroatoms. The highest BCUT2D eigenvalue weighted by Crippen LogP contribution is 2.09. The Balaban J connectivity index is 2.10. The summed E-state index contributed by atoms with van der Waals surface area (Å²) >= 11 is 0. The van der Waals surface area contributed by atoms with E-state index in [-0.39, 0.29) is 0 Å². The van der Waals surface area contributed by atoms with Crippen LogP contribution >= 0.6 is 0 Å². The molecule has 0 spiro atoms. The van der Waals surface area contributed by atoms with Crippen molar-refractivity contribution < 1.29 is 5.11 Å². The summed E-state index contributed by atoms with van der Waals surface area (Å²) in [6.45, 7) is 5.99. The lowest BCUT2D eigenvalue weighted by Gasteiger charge is -2.06. The second kappa shape index (κ2) is 7.26. The Morgan fingerprint density at radius 1 is 1.13 bits per heavy atom. The fourth-order valence-corrected chi connectivity index (χ4v) is 1.38. The van der Waals surface area contributed by atoms with Crippen LogP contribution in [0.3, 0.4) is 0 Å². The van der Waals surface area contributed by atoms with Gasteiger partial charge in [0.05, 0.1) is 0 Å². The van der Waals surface area contributed by atoms with Gasteiger partial charge in [-0.15, -0.1) is 0 Å². The zero-order chi connectivity index (χ0) is 10.9. The van der Waals surface area contributed by atoms with Gasteiger partial charge in [-0.1, -0.05) is 19.1 Å². The smallest absolute Gasteiger partial charge is 0.115 e. The predicted molar refractivity (Wildman–Crippen MR) is 63.0 cm³/mol. The number of rotatable bonds is 7. The van der Waals surface area contributed by atoms with E-state index >= 15 is 0 Å². The summed E-state index contributed by atoms with van der Waals surface area (Å²) in [5, 5.41) is 15.9. The van der Waals surface area contributed by atoms with Gasteiger partial charge in [0, 0.05) is 19.6 Å². The lowest BCUT2D eigenvalue weighted by molar-refractivity contribution is 0.474. The van der Waals surface area contributed by atoms with Crippen molar-refractivity contribution in [3.05, 3.63) is 29.8 Å². The molecule has 3 N–H and O–H groups in total. The van der Waals surface area contributed by atoms with Gasteiger partial charge in [-0.05, 0) is 30.7 Å². The number of benzene rings is 1. The zero-order valence-corrected chi connectivity index (χ0v) is 9.29. The van der Waals surface area contributed by atoms with Crippen molar-refractivity contribution in [1.82, 2.24) is 10.6 Å². The molecule has 0 atom stereocenters. The summed E-state index contributed by atoms with van der Waals surface area (Å²) in [6, 6.07) is 7.34. The highest BCUT2D eigenvalue weighted by atomic mass is 16.3. The molecule has 84 valence electrons. The molecule has 0 aliphatic heterocycles. The third-order valence-electron chi connectivity index (χ3n) is 2.15. The molecule has 15 heavy (non-hydrogen) atoms. The summed E-state index contributed by atoms with van der Waals surface area (Å²) < 4.78 is 0. The highest BCUT2D eigenvalue weighted by Gasteiger charge is 1.93. The summed E-state index contributed by atoms with van der Waals surface area (Å²) in [6.07, 6.45) is 1.17. The topological polar surface area (TPSA) is 44.3 Å². The number of phenols is 1. The molecular weight excluding hydrogens is 188 g/mol. The first kappa shape index (κ1) is 12.0. The second-order valence-corrected chi connectivity index (χ2v) is 3.60. The summed E-state index contributed by atoms with van der Waals surface area (Å²) in [5.74, 6) is 0.332. The number of aromatic hydroxyl groups is 1. The van der Waals surface area contributed by atoms with Crippen LogP contribution in [-0.2, 0) is 6.54 Å². The maximum atomic E-state index is 9.25. The average molecular weight is 208 g/mol. The van der Waals surface area contributed by atoms with E-state index in [0.717, 1.165) is 31.7 Å². The van der Waals surface area contributed by atoms with Crippen molar-refractivity contribution in [2.24, 2.45) is 0 Å². The van der Waals surface area contributed by atoms with Crippen LogP contribution in [0.25, 0.3) is 0 Å². The van der Waals surface area contributed by atoms with Crippen LogP contribution in [0, 0.1) is 0 Å². The molecule has 0 aliphatic carbocycles. The van der Waals surface area contributed by atoms with Crippen molar-refractivity contribution in [2.75, 3.05) is 19.6 Å². The lowest BCUT2D eigenvalue weighted by Crippen LogP contribution is -2.27. The molecule has 0 aromatic heterocycles. The molecule has 0 bridgehead atoms. The number of nitrogens with one attached hydrogen (secondary N) is 2. The largest absolute Gasteiger partial charge is 0.508 e. The van der Waals surface area contributed by atoms with Gasteiger partial charge < -0.3 is 15.7 Å². The monoisotopic (exact) mass is 208 g/mol. The van der Waals surface area contributed by atoms with Gasteiger partial charge in [-0.3, -0.25) is 0 Å². The van der Waals surface area contributed by atoms with Crippen LogP contribution in [-0.4, -0.2) is 24.7 Å². The quantitative estimate of drug-likeness (QED) is 0.595. The van der Waals surface area contributed by atoms with E-state index in [0.29, 0.717) is 5.75 Å². The molecule has 1 rings (SSSR count). The normalized spacial score (nSPS) is 10.5. The standard InChI is InChI=1S/C12H20N2O/c1-2-6-13-7-8-14-10-11-4-3-5-12(15)9-11/h3-5,9,13-15H,2,6-8,10H2,1H3. The third-order valence-corrected chi connectivity index (χ3v) is 2.15. The van der Waals surface area contributed by atoms with Gasteiger partial charge in [-0.2, -0.15) is 0 Å². The minimum absolute atomic E-state index is 0.332. The lowest BCUT2D eigenvalue weighted by atomic mass is 10.2. The Labute approximate surface area is 91.5 Å². The highest BCUT2D eigenvalue weighted by molar-refractivity contribution is 5.26. The van der Waals surface area contributed by atoms with Gasteiger partial charge in [0.15, 0.2) is 0 Å². The van der Waals surface area contributed by atoms with Gasteiger partial charge >= 0.3 is 0 Å². The van der Waals surface area contributed by atoms with Crippen molar-refractivity contribution in [1.29, 1.82) is 0 Å². The molecule has 0 heterocycles. The molecule has 1 aromatic rings. The van der Waals surface area contributed by atoms with E-state index < -0.39 is 0 Å². The van der Waals surface area contributed by atoms with Crippen molar-refractivity contribution >= 4 is 0 Å². The zero-order valence-electron chi connectivity index (χ0n) is 9.29. The van der Waals surface area contributed by atoms with Crippen molar-refractivity contribution in [2.45, 2.75) is 19.9 Å². The van der Waals surface area contributed by atoms with Crippen LogP contribution < -0.4 is 10.6 Å². The maximum Gasteiger partial charge on any atom is 0.115 e. The van der Waals surface area contributed by atoms with Crippen molar-refractivity contribution in [3.63, 3.8) is 0 Å². The molecule has 0 saturated heterocycles. The first-order valence-corrected chi connectivity index (χ1v) is 5.52. The first-order valence-electron chi connectivity index (χ1n) is 5.52. The second-order valence-electron chi connectivity index (χ2n) is 3.60. The Morgan fingerprint density at radius 2 is 1.93 bits per heavy atom. The SMILES string of the molecule is CCCNCCNCc1cccc(O)c1. The molecule has 0 amide bonds. The molecule has 0 aliphatic rings. The summed E-state index contributed by atoms with van der Waals surface area (Å²) in [7, 11) is 0. The van der Waals surface area contributed by atoms with Gasteiger partial charge in [0.1, 0.15) is 5.75 Å². The Kier molecular flexibility index (Phi) is 5.81. The minimum atomic E-state index is 0.332. The van der Waals surface area contributed by atoms with Crippen molar-refractivity contribution in [3.8, 4) is 5.75 Å². The number of hydrogen-bond donors (Lipinski definition) is 3. The van der Waals surface area contributed by atoms with Gasteiger partial charge in [0.25, 0.3) is 0 Å². The maximum absolute atomic E-state index is 9.25. The van der Waals surface area contributed by atoms with E-state index in [1.54, 1.807) is 12.1 Å². The molecule has 0 saturated carbocycles. The molecule has 1 aromatic carbocycles.